The molecule has 1 aliphatic heterocycles. The largest absolute Gasteiger partial charge is 0.475 e. The van der Waals surface area contributed by atoms with Crippen molar-refractivity contribution in [3.05, 3.63) is 58.7 Å². The molecule has 0 bridgehead atoms. The molecule has 1 unspecified atom stereocenters. The Morgan fingerprint density at radius 2 is 2.04 bits per heavy atom. The topological polar surface area (TPSA) is 62.7 Å². The maximum Gasteiger partial charge on any atom is 0.254 e. The summed E-state index contributed by atoms with van der Waals surface area (Å²) in [6, 6.07) is 10.7. The SMILES string of the molecule is CCC(C)Oc1cc(C(=O)N2CCC(O)(c3ccccc3Cl)CC2)ccn1. The average molecular weight is 389 g/mol. The van der Waals surface area contributed by atoms with Crippen LogP contribution in [-0.2, 0) is 5.60 Å². The summed E-state index contributed by atoms with van der Waals surface area (Å²) in [5.41, 5.74) is 0.275. The minimum atomic E-state index is -1.00. The predicted molar refractivity (Wildman–Crippen MR) is 105 cm³/mol. The summed E-state index contributed by atoms with van der Waals surface area (Å²) in [4.78, 5) is 18.8. The van der Waals surface area contributed by atoms with Gasteiger partial charge < -0.3 is 14.7 Å². The van der Waals surface area contributed by atoms with Gasteiger partial charge in [0.1, 0.15) is 0 Å². The van der Waals surface area contributed by atoms with Crippen LogP contribution in [0.4, 0.5) is 0 Å². The highest BCUT2D eigenvalue weighted by Crippen LogP contribution is 2.37. The van der Waals surface area contributed by atoms with Gasteiger partial charge in [-0.2, -0.15) is 0 Å². The summed E-state index contributed by atoms with van der Waals surface area (Å²) in [5.74, 6) is 0.382. The van der Waals surface area contributed by atoms with E-state index in [0.717, 1.165) is 12.0 Å². The number of piperidine rings is 1. The number of amides is 1. The van der Waals surface area contributed by atoms with Crippen LogP contribution in [0.1, 0.15) is 49.0 Å². The van der Waals surface area contributed by atoms with Crippen molar-refractivity contribution in [3.8, 4) is 5.88 Å². The van der Waals surface area contributed by atoms with Gasteiger partial charge in [0.15, 0.2) is 0 Å². The molecule has 3 rings (SSSR count). The molecule has 0 spiro atoms. The quantitative estimate of drug-likeness (QED) is 0.839. The minimum absolute atomic E-state index is 0.0449. The van der Waals surface area contributed by atoms with Gasteiger partial charge in [0.2, 0.25) is 5.88 Å². The third kappa shape index (κ3) is 4.42. The van der Waals surface area contributed by atoms with Crippen LogP contribution >= 0.6 is 11.6 Å². The molecule has 144 valence electrons. The van der Waals surface area contributed by atoms with Gasteiger partial charge in [0.05, 0.1) is 11.7 Å². The molecule has 2 heterocycles. The van der Waals surface area contributed by atoms with Crippen LogP contribution < -0.4 is 4.74 Å². The highest BCUT2D eigenvalue weighted by atomic mass is 35.5. The standard InChI is InChI=1S/C21H25ClN2O3/c1-3-15(2)27-19-14-16(8-11-23-19)20(25)24-12-9-21(26,10-13-24)17-6-4-5-7-18(17)22/h4-8,11,14-15,26H,3,9-10,12-13H2,1-2H3. The summed E-state index contributed by atoms with van der Waals surface area (Å²) in [6.07, 6.45) is 3.40. The molecule has 1 fully saturated rings. The Morgan fingerprint density at radius 3 is 2.70 bits per heavy atom. The van der Waals surface area contributed by atoms with Crippen molar-refractivity contribution >= 4 is 17.5 Å². The Hall–Kier alpha value is -2.11. The van der Waals surface area contributed by atoms with Crippen LogP contribution in [0.15, 0.2) is 42.6 Å². The number of likely N-dealkylation sites (tertiary alicyclic amines) is 1. The number of aromatic nitrogens is 1. The van der Waals surface area contributed by atoms with Crippen molar-refractivity contribution in [2.75, 3.05) is 13.1 Å². The number of pyridine rings is 1. The number of carbonyl (C=O) groups excluding carboxylic acids is 1. The average Bonchev–Trinajstić information content (AvgIpc) is 2.68. The van der Waals surface area contributed by atoms with Gasteiger partial charge in [-0.15, -0.1) is 0 Å². The van der Waals surface area contributed by atoms with Crippen LogP contribution in [0.25, 0.3) is 0 Å². The third-order valence-corrected chi connectivity index (χ3v) is 5.46. The van der Waals surface area contributed by atoms with Crippen LogP contribution in [0, 0.1) is 0 Å². The molecule has 1 atom stereocenters. The zero-order valence-electron chi connectivity index (χ0n) is 15.7. The van der Waals surface area contributed by atoms with Crippen molar-refractivity contribution in [2.45, 2.75) is 44.8 Å². The highest BCUT2D eigenvalue weighted by Gasteiger charge is 2.37. The molecular formula is C21H25ClN2O3. The molecule has 0 saturated carbocycles. The molecule has 1 aliphatic rings. The monoisotopic (exact) mass is 388 g/mol. The van der Waals surface area contributed by atoms with E-state index in [1.165, 1.54) is 0 Å². The van der Waals surface area contributed by atoms with Gasteiger partial charge in [-0.05, 0) is 38.3 Å². The summed E-state index contributed by atoms with van der Waals surface area (Å²) >= 11 is 6.25. The van der Waals surface area contributed by atoms with E-state index in [9.17, 15) is 9.90 Å². The minimum Gasteiger partial charge on any atom is -0.475 e. The van der Waals surface area contributed by atoms with E-state index in [1.807, 2.05) is 32.0 Å². The van der Waals surface area contributed by atoms with E-state index in [4.69, 9.17) is 16.3 Å². The Morgan fingerprint density at radius 1 is 1.33 bits per heavy atom. The number of ether oxygens (including phenoxy) is 1. The van der Waals surface area contributed by atoms with Gasteiger partial charge >= 0.3 is 0 Å². The summed E-state index contributed by atoms with van der Waals surface area (Å²) in [7, 11) is 0. The third-order valence-electron chi connectivity index (χ3n) is 5.13. The number of aliphatic hydroxyl groups is 1. The van der Waals surface area contributed by atoms with E-state index in [0.29, 0.717) is 42.4 Å². The van der Waals surface area contributed by atoms with Crippen LogP contribution in [0.2, 0.25) is 5.02 Å². The Labute approximate surface area is 164 Å². The van der Waals surface area contributed by atoms with Crippen molar-refractivity contribution in [1.29, 1.82) is 0 Å². The first-order valence-electron chi connectivity index (χ1n) is 9.32. The lowest BCUT2D eigenvalue weighted by molar-refractivity contribution is -0.0210. The van der Waals surface area contributed by atoms with Gasteiger partial charge in [-0.3, -0.25) is 4.79 Å². The molecule has 6 heteroatoms. The second-order valence-corrected chi connectivity index (χ2v) is 7.43. The maximum atomic E-state index is 12.9. The van der Waals surface area contributed by atoms with Gasteiger partial charge in [-0.1, -0.05) is 36.7 Å². The normalized spacial score (nSPS) is 17.4. The number of rotatable bonds is 5. The van der Waals surface area contributed by atoms with Gasteiger partial charge in [-0.25, -0.2) is 4.98 Å². The molecule has 1 N–H and O–H groups in total. The Balaban J connectivity index is 1.68. The number of carbonyl (C=O) groups is 1. The van der Waals surface area contributed by atoms with Crippen molar-refractivity contribution in [3.63, 3.8) is 0 Å². The molecule has 27 heavy (non-hydrogen) atoms. The van der Waals surface area contributed by atoms with Crippen LogP contribution in [0.5, 0.6) is 5.88 Å². The molecule has 1 amide bonds. The lowest BCUT2D eigenvalue weighted by Gasteiger charge is -2.39. The fraction of sp³-hybridized carbons (Fsp3) is 0.429. The smallest absolute Gasteiger partial charge is 0.254 e. The van der Waals surface area contributed by atoms with E-state index in [1.54, 1.807) is 29.3 Å². The fourth-order valence-electron chi connectivity index (χ4n) is 3.27. The van der Waals surface area contributed by atoms with Crippen molar-refractivity contribution in [1.82, 2.24) is 9.88 Å². The lowest BCUT2D eigenvalue weighted by Crippen LogP contribution is -2.45. The zero-order chi connectivity index (χ0) is 19.4. The van der Waals surface area contributed by atoms with E-state index < -0.39 is 5.60 Å². The number of nitrogens with zero attached hydrogens (tertiary/aromatic N) is 2. The number of hydrogen-bond donors (Lipinski definition) is 1. The van der Waals surface area contributed by atoms with E-state index >= 15 is 0 Å². The first-order valence-corrected chi connectivity index (χ1v) is 9.70. The van der Waals surface area contributed by atoms with Crippen LogP contribution in [-0.4, -0.2) is 40.1 Å². The molecule has 1 aromatic heterocycles. The zero-order valence-corrected chi connectivity index (χ0v) is 16.4. The van der Waals surface area contributed by atoms with Gasteiger partial charge in [0.25, 0.3) is 5.91 Å². The molecule has 5 nitrogen and oxygen atoms in total. The molecule has 0 aliphatic carbocycles. The van der Waals surface area contributed by atoms with E-state index in [-0.39, 0.29) is 12.0 Å². The molecule has 0 radical (unpaired) electrons. The highest BCUT2D eigenvalue weighted by molar-refractivity contribution is 6.31. The maximum absolute atomic E-state index is 12.9. The number of halogens is 1. The summed E-state index contributed by atoms with van der Waals surface area (Å²) in [6.45, 7) is 4.93. The Kier molecular flexibility index (Phi) is 6.02. The second kappa shape index (κ2) is 8.28. The van der Waals surface area contributed by atoms with Crippen LogP contribution in [0.3, 0.4) is 0 Å². The number of hydrogen-bond acceptors (Lipinski definition) is 4. The van der Waals surface area contributed by atoms with Gasteiger partial charge in [0, 0.05) is 41.5 Å². The first kappa shape index (κ1) is 19.6. The molecule has 1 aromatic carbocycles. The molecule has 2 aromatic rings. The fourth-order valence-corrected chi connectivity index (χ4v) is 3.58. The Bertz CT molecular complexity index is 804. The first-order chi connectivity index (χ1) is 12.9. The van der Waals surface area contributed by atoms with E-state index in [2.05, 4.69) is 4.98 Å². The number of benzene rings is 1. The lowest BCUT2D eigenvalue weighted by atomic mass is 9.84. The van der Waals surface area contributed by atoms with Crippen molar-refractivity contribution < 1.29 is 14.6 Å². The second-order valence-electron chi connectivity index (χ2n) is 7.02. The summed E-state index contributed by atoms with van der Waals surface area (Å²) in [5, 5.41) is 11.6. The molecular weight excluding hydrogens is 364 g/mol. The predicted octanol–water partition coefficient (Wildman–Crippen LogP) is 4.04. The molecule has 1 saturated heterocycles. The summed E-state index contributed by atoms with van der Waals surface area (Å²) < 4.78 is 5.71. The van der Waals surface area contributed by atoms with Crippen molar-refractivity contribution in [2.24, 2.45) is 0 Å².